The quantitative estimate of drug-likeness (QED) is 0.725. The third-order valence-corrected chi connectivity index (χ3v) is 2.32. The standard InChI is InChI=1S/C10H11N3O3/c1-10(2)9-12-6(8(11)15)5-7(14)13(9)3-4-16-10/h3-5H,1-2H3,(H2,11,15). The predicted octanol–water partition coefficient (Wildman–Crippen LogP) is 0.0357. The number of hydrogen-bond donors (Lipinski definition) is 1. The molecule has 0 radical (unpaired) electrons. The first kappa shape index (κ1) is 10.4. The lowest BCUT2D eigenvalue weighted by Gasteiger charge is -2.28. The van der Waals surface area contributed by atoms with Gasteiger partial charge >= 0.3 is 0 Å². The van der Waals surface area contributed by atoms with Gasteiger partial charge in [-0.25, -0.2) is 4.98 Å². The van der Waals surface area contributed by atoms with Crippen molar-refractivity contribution in [2.24, 2.45) is 5.73 Å². The summed E-state index contributed by atoms with van der Waals surface area (Å²) < 4.78 is 6.66. The molecule has 1 aliphatic heterocycles. The normalized spacial score (nSPS) is 16.4. The molecule has 0 atom stereocenters. The van der Waals surface area contributed by atoms with Crippen molar-refractivity contribution in [1.29, 1.82) is 0 Å². The van der Waals surface area contributed by atoms with Gasteiger partial charge in [-0.15, -0.1) is 0 Å². The molecule has 0 aromatic carbocycles. The summed E-state index contributed by atoms with van der Waals surface area (Å²) in [5.41, 5.74) is 3.92. The van der Waals surface area contributed by atoms with Gasteiger partial charge in [-0.3, -0.25) is 14.2 Å². The highest BCUT2D eigenvalue weighted by Crippen LogP contribution is 2.25. The lowest BCUT2D eigenvalue weighted by molar-refractivity contribution is 0.0383. The first-order valence-corrected chi connectivity index (χ1v) is 4.70. The molecule has 6 nitrogen and oxygen atoms in total. The summed E-state index contributed by atoms with van der Waals surface area (Å²) in [4.78, 5) is 26.7. The molecule has 0 unspecified atom stereocenters. The van der Waals surface area contributed by atoms with Gasteiger partial charge in [0.15, 0.2) is 11.4 Å². The summed E-state index contributed by atoms with van der Waals surface area (Å²) in [7, 11) is 0. The molecule has 0 bridgehead atoms. The van der Waals surface area contributed by atoms with Gasteiger partial charge in [0.1, 0.15) is 12.0 Å². The second kappa shape index (κ2) is 3.19. The van der Waals surface area contributed by atoms with E-state index >= 15 is 0 Å². The molecular formula is C10H11N3O3. The van der Waals surface area contributed by atoms with Crippen molar-refractivity contribution in [2.45, 2.75) is 19.4 Å². The number of nitrogens with two attached hydrogens (primary N) is 1. The number of primary amides is 1. The maximum absolute atomic E-state index is 11.7. The minimum atomic E-state index is -0.765. The van der Waals surface area contributed by atoms with Crippen molar-refractivity contribution in [3.8, 4) is 0 Å². The van der Waals surface area contributed by atoms with E-state index in [0.29, 0.717) is 5.82 Å². The maximum Gasteiger partial charge on any atom is 0.267 e. The SMILES string of the molecule is CC1(C)OC=Cn2c1nc(C(N)=O)cc2=O. The fourth-order valence-corrected chi connectivity index (χ4v) is 1.50. The minimum Gasteiger partial charge on any atom is -0.486 e. The Kier molecular flexibility index (Phi) is 2.08. The Morgan fingerprint density at radius 3 is 2.88 bits per heavy atom. The van der Waals surface area contributed by atoms with Gasteiger partial charge in [-0.1, -0.05) is 0 Å². The third-order valence-electron chi connectivity index (χ3n) is 2.32. The number of ether oxygens (including phenoxy) is 1. The van der Waals surface area contributed by atoms with E-state index in [1.54, 1.807) is 13.8 Å². The molecule has 1 aromatic heterocycles. The Bertz CT molecular complexity index is 543. The molecule has 2 N–H and O–H groups in total. The van der Waals surface area contributed by atoms with E-state index in [2.05, 4.69) is 4.98 Å². The average Bonchev–Trinajstić information content (AvgIpc) is 2.18. The van der Waals surface area contributed by atoms with Crippen LogP contribution in [0.3, 0.4) is 0 Å². The van der Waals surface area contributed by atoms with E-state index in [4.69, 9.17) is 10.5 Å². The molecule has 16 heavy (non-hydrogen) atoms. The van der Waals surface area contributed by atoms with Crippen LogP contribution in [0.1, 0.15) is 30.2 Å². The van der Waals surface area contributed by atoms with Gasteiger partial charge in [0.05, 0.1) is 0 Å². The largest absolute Gasteiger partial charge is 0.486 e. The number of hydrogen-bond acceptors (Lipinski definition) is 4. The van der Waals surface area contributed by atoms with Gasteiger partial charge in [-0.2, -0.15) is 0 Å². The van der Waals surface area contributed by atoms with Crippen LogP contribution in [-0.2, 0) is 10.3 Å². The molecule has 6 heteroatoms. The molecule has 0 saturated carbocycles. The van der Waals surface area contributed by atoms with E-state index in [0.717, 1.165) is 6.07 Å². The van der Waals surface area contributed by atoms with E-state index < -0.39 is 11.5 Å². The van der Waals surface area contributed by atoms with Crippen molar-refractivity contribution in [3.05, 3.63) is 34.2 Å². The minimum absolute atomic E-state index is 0.0526. The fourth-order valence-electron chi connectivity index (χ4n) is 1.50. The second-order valence-electron chi connectivity index (χ2n) is 3.95. The number of aromatic nitrogens is 2. The number of rotatable bonds is 1. The molecule has 1 aromatic rings. The van der Waals surface area contributed by atoms with E-state index in [1.165, 1.54) is 17.0 Å². The van der Waals surface area contributed by atoms with E-state index in [9.17, 15) is 9.59 Å². The molecular weight excluding hydrogens is 210 g/mol. The lowest BCUT2D eigenvalue weighted by Crippen LogP contribution is -2.35. The van der Waals surface area contributed by atoms with Crippen LogP contribution >= 0.6 is 0 Å². The highest BCUT2D eigenvalue weighted by Gasteiger charge is 2.30. The Morgan fingerprint density at radius 2 is 2.25 bits per heavy atom. The topological polar surface area (TPSA) is 87.2 Å². The van der Waals surface area contributed by atoms with Gasteiger partial charge in [0.2, 0.25) is 0 Å². The number of nitrogens with zero attached hydrogens (tertiary/aromatic N) is 2. The van der Waals surface area contributed by atoms with Crippen LogP contribution in [-0.4, -0.2) is 15.5 Å². The maximum atomic E-state index is 11.7. The highest BCUT2D eigenvalue weighted by atomic mass is 16.5. The van der Waals surface area contributed by atoms with Crippen LogP contribution in [0.5, 0.6) is 0 Å². The Balaban J connectivity index is 2.75. The highest BCUT2D eigenvalue weighted by molar-refractivity contribution is 5.90. The number of fused-ring (bicyclic) bond motifs is 1. The molecule has 1 amide bonds. The number of carbonyl (C=O) groups is 1. The number of amides is 1. The molecule has 0 aliphatic carbocycles. The van der Waals surface area contributed by atoms with Crippen molar-refractivity contribution < 1.29 is 9.53 Å². The monoisotopic (exact) mass is 221 g/mol. The second-order valence-corrected chi connectivity index (χ2v) is 3.95. The van der Waals surface area contributed by atoms with Crippen molar-refractivity contribution >= 4 is 12.1 Å². The fraction of sp³-hybridized carbons (Fsp3) is 0.300. The lowest BCUT2D eigenvalue weighted by atomic mass is 10.1. The first-order chi connectivity index (χ1) is 7.42. The summed E-state index contributed by atoms with van der Waals surface area (Å²) in [6.07, 6.45) is 2.88. The van der Waals surface area contributed by atoms with Crippen molar-refractivity contribution in [3.63, 3.8) is 0 Å². The average molecular weight is 221 g/mol. The summed E-state index contributed by atoms with van der Waals surface area (Å²) >= 11 is 0. The van der Waals surface area contributed by atoms with Gasteiger partial charge in [0, 0.05) is 12.3 Å². The third kappa shape index (κ3) is 1.48. The van der Waals surface area contributed by atoms with Crippen LogP contribution in [0, 0.1) is 0 Å². The molecule has 2 heterocycles. The zero-order chi connectivity index (χ0) is 11.9. The van der Waals surface area contributed by atoms with Gasteiger partial charge in [-0.05, 0) is 13.8 Å². The zero-order valence-electron chi connectivity index (χ0n) is 8.93. The summed E-state index contributed by atoms with van der Waals surface area (Å²) in [6, 6.07) is 1.11. The Labute approximate surface area is 91.4 Å². The van der Waals surface area contributed by atoms with Crippen LogP contribution in [0.2, 0.25) is 0 Å². The van der Waals surface area contributed by atoms with Crippen LogP contribution in [0.15, 0.2) is 17.1 Å². The summed E-state index contributed by atoms with van der Waals surface area (Å²) in [5.74, 6) is -0.373. The van der Waals surface area contributed by atoms with Crippen LogP contribution in [0.25, 0.3) is 6.20 Å². The Morgan fingerprint density at radius 1 is 1.56 bits per heavy atom. The molecule has 1 aliphatic rings. The molecule has 0 spiro atoms. The van der Waals surface area contributed by atoms with Gasteiger partial charge in [0.25, 0.3) is 11.5 Å². The van der Waals surface area contributed by atoms with E-state index in [1.807, 2.05) is 0 Å². The van der Waals surface area contributed by atoms with Crippen LogP contribution in [0.4, 0.5) is 0 Å². The summed E-state index contributed by atoms with van der Waals surface area (Å²) in [6.45, 7) is 3.50. The number of carbonyl (C=O) groups excluding carboxylic acids is 1. The Hall–Kier alpha value is -2.11. The smallest absolute Gasteiger partial charge is 0.267 e. The van der Waals surface area contributed by atoms with E-state index in [-0.39, 0.29) is 11.3 Å². The molecule has 0 fully saturated rings. The van der Waals surface area contributed by atoms with Crippen LogP contribution < -0.4 is 11.3 Å². The molecule has 0 saturated heterocycles. The van der Waals surface area contributed by atoms with Crippen molar-refractivity contribution in [2.75, 3.05) is 0 Å². The zero-order valence-corrected chi connectivity index (χ0v) is 8.93. The predicted molar refractivity (Wildman–Crippen MR) is 56.5 cm³/mol. The first-order valence-electron chi connectivity index (χ1n) is 4.70. The molecule has 2 rings (SSSR count). The van der Waals surface area contributed by atoms with Gasteiger partial charge < -0.3 is 10.5 Å². The van der Waals surface area contributed by atoms with Crippen molar-refractivity contribution in [1.82, 2.24) is 9.55 Å². The summed E-state index contributed by atoms with van der Waals surface area (Å²) in [5, 5.41) is 0. The molecule has 84 valence electrons.